The Hall–Kier alpha value is -0.570. The van der Waals surface area contributed by atoms with Crippen LogP contribution in [0.1, 0.15) is 46.0 Å². The number of rotatable bonds is 3. The molecular weight excluding hydrogens is 212 g/mol. The van der Waals surface area contributed by atoms with Crippen LogP contribution in [0.25, 0.3) is 0 Å². The molecule has 0 radical (unpaired) electrons. The van der Waals surface area contributed by atoms with Crippen LogP contribution in [0.2, 0.25) is 0 Å². The molecule has 1 amide bonds. The van der Waals surface area contributed by atoms with Crippen LogP contribution in [0.4, 0.5) is 0 Å². The maximum Gasteiger partial charge on any atom is 0.224 e. The minimum atomic E-state index is 0.192. The first kappa shape index (κ1) is 12.9. The van der Waals surface area contributed by atoms with Crippen molar-refractivity contribution in [3.63, 3.8) is 0 Å². The van der Waals surface area contributed by atoms with Crippen LogP contribution in [0.5, 0.6) is 0 Å². The van der Waals surface area contributed by atoms with Crippen LogP contribution in [0, 0.1) is 17.8 Å². The van der Waals surface area contributed by atoms with Gasteiger partial charge in [-0.3, -0.25) is 4.79 Å². The second-order valence-corrected chi connectivity index (χ2v) is 5.89. The monoisotopic (exact) mass is 238 g/mol. The summed E-state index contributed by atoms with van der Waals surface area (Å²) in [6.07, 6.45) is 6.26. The average Bonchev–Trinajstić information content (AvgIpc) is 2.76. The fourth-order valence-electron chi connectivity index (χ4n) is 3.26. The van der Waals surface area contributed by atoms with E-state index >= 15 is 0 Å². The SMILES string of the molecule is CCC1CCCC(NC(=O)C2CNCC2C)C1. The first-order chi connectivity index (χ1) is 8.20. The van der Waals surface area contributed by atoms with Crippen LogP contribution in [0.3, 0.4) is 0 Å². The zero-order valence-electron chi connectivity index (χ0n) is 11.2. The smallest absolute Gasteiger partial charge is 0.224 e. The zero-order chi connectivity index (χ0) is 12.3. The third-order valence-corrected chi connectivity index (χ3v) is 4.56. The van der Waals surface area contributed by atoms with Crippen molar-refractivity contribution >= 4 is 5.91 Å². The quantitative estimate of drug-likeness (QED) is 0.789. The van der Waals surface area contributed by atoms with Gasteiger partial charge in [0.15, 0.2) is 0 Å². The van der Waals surface area contributed by atoms with Crippen molar-refractivity contribution in [3.05, 3.63) is 0 Å². The number of hydrogen-bond donors (Lipinski definition) is 2. The molecule has 0 aromatic rings. The molecule has 4 atom stereocenters. The summed E-state index contributed by atoms with van der Waals surface area (Å²) in [5.74, 6) is 1.79. The van der Waals surface area contributed by atoms with Gasteiger partial charge in [-0.05, 0) is 31.2 Å². The Morgan fingerprint density at radius 1 is 1.35 bits per heavy atom. The van der Waals surface area contributed by atoms with Gasteiger partial charge < -0.3 is 10.6 Å². The molecule has 0 bridgehead atoms. The van der Waals surface area contributed by atoms with Gasteiger partial charge in [-0.2, -0.15) is 0 Å². The molecular formula is C14H26N2O. The van der Waals surface area contributed by atoms with Crippen LogP contribution < -0.4 is 10.6 Å². The van der Waals surface area contributed by atoms with E-state index in [4.69, 9.17) is 0 Å². The van der Waals surface area contributed by atoms with Gasteiger partial charge in [0.05, 0.1) is 5.92 Å². The highest BCUT2D eigenvalue weighted by atomic mass is 16.2. The topological polar surface area (TPSA) is 41.1 Å². The summed E-state index contributed by atoms with van der Waals surface area (Å²) in [6.45, 7) is 6.27. The molecule has 0 aromatic carbocycles. The molecule has 17 heavy (non-hydrogen) atoms. The summed E-state index contributed by atoms with van der Waals surface area (Å²) in [5.41, 5.74) is 0. The summed E-state index contributed by atoms with van der Waals surface area (Å²) < 4.78 is 0. The molecule has 1 saturated heterocycles. The van der Waals surface area contributed by atoms with Gasteiger partial charge in [-0.15, -0.1) is 0 Å². The summed E-state index contributed by atoms with van der Waals surface area (Å²) in [4.78, 5) is 12.2. The maximum absolute atomic E-state index is 12.2. The molecule has 2 fully saturated rings. The van der Waals surface area contributed by atoms with E-state index in [2.05, 4.69) is 24.5 Å². The van der Waals surface area contributed by atoms with E-state index < -0.39 is 0 Å². The van der Waals surface area contributed by atoms with Gasteiger partial charge in [-0.25, -0.2) is 0 Å². The maximum atomic E-state index is 12.2. The van der Waals surface area contributed by atoms with Crippen molar-refractivity contribution in [1.29, 1.82) is 0 Å². The lowest BCUT2D eigenvalue weighted by atomic mass is 9.84. The Morgan fingerprint density at radius 2 is 2.18 bits per heavy atom. The minimum absolute atomic E-state index is 0.192. The molecule has 98 valence electrons. The van der Waals surface area contributed by atoms with E-state index in [0.717, 1.165) is 19.0 Å². The van der Waals surface area contributed by atoms with Crippen LogP contribution >= 0.6 is 0 Å². The fraction of sp³-hybridized carbons (Fsp3) is 0.929. The second kappa shape index (κ2) is 5.85. The van der Waals surface area contributed by atoms with Gasteiger partial charge in [0.25, 0.3) is 0 Å². The highest BCUT2D eigenvalue weighted by molar-refractivity contribution is 5.79. The van der Waals surface area contributed by atoms with Gasteiger partial charge in [0, 0.05) is 12.6 Å². The van der Waals surface area contributed by atoms with E-state index in [-0.39, 0.29) is 11.8 Å². The van der Waals surface area contributed by atoms with Crippen molar-refractivity contribution in [2.75, 3.05) is 13.1 Å². The molecule has 1 heterocycles. The lowest BCUT2D eigenvalue weighted by Crippen LogP contribution is -2.43. The van der Waals surface area contributed by atoms with E-state index in [1.54, 1.807) is 0 Å². The van der Waals surface area contributed by atoms with Gasteiger partial charge in [-0.1, -0.05) is 33.1 Å². The fourth-order valence-corrected chi connectivity index (χ4v) is 3.26. The van der Waals surface area contributed by atoms with Crippen molar-refractivity contribution in [1.82, 2.24) is 10.6 Å². The van der Waals surface area contributed by atoms with Crippen molar-refractivity contribution in [2.24, 2.45) is 17.8 Å². The number of nitrogens with one attached hydrogen (secondary N) is 2. The Kier molecular flexibility index (Phi) is 4.43. The van der Waals surface area contributed by atoms with E-state index in [9.17, 15) is 4.79 Å². The Balaban J connectivity index is 1.81. The zero-order valence-corrected chi connectivity index (χ0v) is 11.2. The molecule has 0 aromatic heterocycles. The Labute approximate surface area is 105 Å². The van der Waals surface area contributed by atoms with E-state index in [0.29, 0.717) is 12.0 Å². The molecule has 1 aliphatic carbocycles. The summed E-state index contributed by atoms with van der Waals surface area (Å²) in [6, 6.07) is 0.439. The first-order valence-corrected chi connectivity index (χ1v) is 7.21. The van der Waals surface area contributed by atoms with E-state index in [1.807, 2.05) is 0 Å². The standard InChI is InChI=1S/C14H26N2O/c1-3-11-5-4-6-12(7-11)16-14(17)13-9-15-8-10(13)2/h10-13,15H,3-9H2,1-2H3,(H,16,17). The van der Waals surface area contributed by atoms with Crippen molar-refractivity contribution in [3.8, 4) is 0 Å². The lowest BCUT2D eigenvalue weighted by Gasteiger charge is -2.30. The van der Waals surface area contributed by atoms with Gasteiger partial charge >= 0.3 is 0 Å². The molecule has 1 aliphatic heterocycles. The molecule has 1 saturated carbocycles. The van der Waals surface area contributed by atoms with Crippen LogP contribution in [0.15, 0.2) is 0 Å². The van der Waals surface area contributed by atoms with Crippen molar-refractivity contribution in [2.45, 2.75) is 52.0 Å². The molecule has 4 unspecified atom stereocenters. The average molecular weight is 238 g/mol. The minimum Gasteiger partial charge on any atom is -0.353 e. The number of carbonyl (C=O) groups is 1. The second-order valence-electron chi connectivity index (χ2n) is 5.89. The third kappa shape index (κ3) is 3.21. The normalized spacial score (nSPS) is 38.0. The molecule has 2 rings (SSSR count). The number of amides is 1. The molecule has 2 N–H and O–H groups in total. The Bertz CT molecular complexity index is 267. The summed E-state index contributed by atoms with van der Waals surface area (Å²) >= 11 is 0. The largest absolute Gasteiger partial charge is 0.353 e. The highest BCUT2D eigenvalue weighted by Crippen LogP contribution is 2.27. The van der Waals surface area contributed by atoms with Crippen LogP contribution in [-0.4, -0.2) is 25.0 Å². The molecule has 0 spiro atoms. The number of hydrogen-bond acceptors (Lipinski definition) is 2. The molecule has 3 nitrogen and oxygen atoms in total. The number of carbonyl (C=O) groups excluding carboxylic acids is 1. The third-order valence-electron chi connectivity index (χ3n) is 4.56. The summed E-state index contributed by atoms with van der Waals surface area (Å²) in [5, 5.41) is 6.58. The Morgan fingerprint density at radius 3 is 2.82 bits per heavy atom. The van der Waals surface area contributed by atoms with Crippen LogP contribution in [-0.2, 0) is 4.79 Å². The molecule has 3 heteroatoms. The predicted octanol–water partition coefficient (Wildman–Crippen LogP) is 1.93. The van der Waals surface area contributed by atoms with Gasteiger partial charge in [0.2, 0.25) is 5.91 Å². The van der Waals surface area contributed by atoms with E-state index in [1.165, 1.54) is 32.1 Å². The first-order valence-electron chi connectivity index (χ1n) is 7.21. The molecule has 2 aliphatic rings. The van der Waals surface area contributed by atoms with Crippen molar-refractivity contribution < 1.29 is 4.79 Å². The predicted molar refractivity (Wildman–Crippen MR) is 69.7 cm³/mol. The van der Waals surface area contributed by atoms with Gasteiger partial charge in [0.1, 0.15) is 0 Å². The highest BCUT2D eigenvalue weighted by Gasteiger charge is 2.31. The lowest BCUT2D eigenvalue weighted by molar-refractivity contribution is -0.126. The summed E-state index contributed by atoms with van der Waals surface area (Å²) in [7, 11) is 0.